The van der Waals surface area contributed by atoms with Crippen LogP contribution in [0.5, 0.6) is 5.75 Å². The van der Waals surface area contributed by atoms with E-state index in [1.807, 2.05) is 6.07 Å². The highest BCUT2D eigenvalue weighted by molar-refractivity contribution is 6.30. The molecule has 15 heavy (non-hydrogen) atoms. The third-order valence-corrected chi connectivity index (χ3v) is 2.37. The summed E-state index contributed by atoms with van der Waals surface area (Å²) < 4.78 is 10.3. The van der Waals surface area contributed by atoms with Crippen LogP contribution in [-0.2, 0) is 17.8 Å². The Balaban J connectivity index is 3.14. The summed E-state index contributed by atoms with van der Waals surface area (Å²) in [5, 5.41) is 9.58. The molecule has 0 bridgehead atoms. The Hall–Kier alpha value is -0.770. The highest BCUT2D eigenvalue weighted by Gasteiger charge is 2.10. The molecule has 1 N–H and O–H groups in total. The summed E-state index contributed by atoms with van der Waals surface area (Å²) in [5.41, 5.74) is 1.90. The van der Waals surface area contributed by atoms with Crippen molar-refractivity contribution in [3.8, 4) is 5.75 Å². The van der Waals surface area contributed by atoms with Crippen LogP contribution in [0, 0.1) is 0 Å². The van der Waals surface area contributed by atoms with Gasteiger partial charge in [0.15, 0.2) is 0 Å². The van der Waals surface area contributed by atoms with Gasteiger partial charge in [0.2, 0.25) is 0 Å². The molecule has 1 aromatic carbocycles. The van der Waals surface area contributed by atoms with Crippen molar-refractivity contribution in [1.29, 1.82) is 0 Å². The van der Waals surface area contributed by atoms with Crippen LogP contribution in [0.25, 0.3) is 0 Å². The first kappa shape index (κ1) is 12.3. The van der Waals surface area contributed by atoms with Crippen molar-refractivity contribution in [1.82, 2.24) is 0 Å². The summed E-state index contributed by atoms with van der Waals surface area (Å²) in [6, 6.07) is 3.57. The zero-order valence-corrected chi connectivity index (χ0v) is 9.67. The highest BCUT2D eigenvalue weighted by atomic mass is 35.5. The predicted octanol–water partition coefficient (Wildman–Crippen LogP) is 2.03. The fourth-order valence-corrected chi connectivity index (χ4v) is 1.76. The van der Waals surface area contributed by atoms with E-state index < -0.39 is 0 Å². The fraction of sp³-hybridized carbons (Fsp3) is 0.455. The number of halogens is 1. The predicted molar refractivity (Wildman–Crippen MR) is 59.5 cm³/mol. The fourth-order valence-electron chi connectivity index (χ4n) is 1.53. The highest BCUT2D eigenvalue weighted by Crippen LogP contribution is 2.28. The van der Waals surface area contributed by atoms with Crippen molar-refractivity contribution in [3.05, 3.63) is 28.3 Å². The van der Waals surface area contributed by atoms with Crippen molar-refractivity contribution in [2.24, 2.45) is 0 Å². The Labute approximate surface area is 94.6 Å². The van der Waals surface area contributed by atoms with Gasteiger partial charge in [-0.25, -0.2) is 0 Å². The first-order valence-electron chi connectivity index (χ1n) is 4.68. The van der Waals surface area contributed by atoms with Crippen LogP contribution in [0.3, 0.4) is 0 Å². The average Bonchev–Trinajstić information content (AvgIpc) is 2.22. The maximum absolute atomic E-state index is 8.97. The summed E-state index contributed by atoms with van der Waals surface area (Å²) in [6.07, 6.45) is 0.541. The molecule has 3 nitrogen and oxygen atoms in total. The van der Waals surface area contributed by atoms with Crippen molar-refractivity contribution in [2.75, 3.05) is 20.8 Å². The van der Waals surface area contributed by atoms with E-state index in [0.29, 0.717) is 23.8 Å². The lowest BCUT2D eigenvalue weighted by molar-refractivity contribution is 0.183. The van der Waals surface area contributed by atoms with Crippen LogP contribution < -0.4 is 4.74 Å². The first-order chi connectivity index (χ1) is 7.22. The van der Waals surface area contributed by atoms with Crippen LogP contribution in [0.1, 0.15) is 11.1 Å². The van der Waals surface area contributed by atoms with Gasteiger partial charge in [-0.05, 0) is 24.1 Å². The molecule has 0 amide bonds. The van der Waals surface area contributed by atoms with Gasteiger partial charge in [-0.1, -0.05) is 11.6 Å². The smallest absolute Gasteiger partial charge is 0.123 e. The molecule has 0 saturated carbocycles. The van der Waals surface area contributed by atoms with E-state index in [0.717, 1.165) is 11.1 Å². The number of methoxy groups -OCH3 is 2. The maximum Gasteiger partial charge on any atom is 0.123 e. The number of hydrogen-bond donors (Lipinski definition) is 1. The minimum atomic E-state index is 0.0781. The molecule has 0 heterocycles. The van der Waals surface area contributed by atoms with E-state index in [2.05, 4.69) is 0 Å². The van der Waals surface area contributed by atoms with Gasteiger partial charge in [0.05, 0.1) is 13.7 Å². The molecule has 0 aliphatic heterocycles. The summed E-state index contributed by atoms with van der Waals surface area (Å²) in [6.45, 7) is 0.543. The second-order valence-corrected chi connectivity index (χ2v) is 3.59. The van der Waals surface area contributed by atoms with E-state index in [9.17, 15) is 0 Å². The number of benzene rings is 1. The van der Waals surface area contributed by atoms with Crippen LogP contribution in [0.4, 0.5) is 0 Å². The lowest BCUT2D eigenvalue weighted by Crippen LogP contribution is -2.02. The summed E-state index contributed by atoms with van der Waals surface area (Å²) >= 11 is 5.94. The van der Waals surface area contributed by atoms with Crippen LogP contribution >= 0.6 is 11.6 Å². The van der Waals surface area contributed by atoms with Crippen molar-refractivity contribution >= 4 is 11.6 Å². The Morgan fingerprint density at radius 3 is 2.60 bits per heavy atom. The normalized spacial score (nSPS) is 10.4. The third kappa shape index (κ3) is 3.09. The van der Waals surface area contributed by atoms with Crippen LogP contribution in [-0.4, -0.2) is 25.9 Å². The maximum atomic E-state index is 8.97. The lowest BCUT2D eigenvalue weighted by atomic mass is 10.0. The Morgan fingerprint density at radius 2 is 2.07 bits per heavy atom. The van der Waals surface area contributed by atoms with Crippen LogP contribution in [0.2, 0.25) is 5.02 Å². The van der Waals surface area contributed by atoms with E-state index in [-0.39, 0.29) is 6.61 Å². The molecule has 0 aromatic heterocycles. The molecular weight excluding hydrogens is 216 g/mol. The standard InChI is InChI=1S/C11H15ClO3/c1-14-7-8-5-9(12)6-11(15-2)10(8)3-4-13/h5-6,13H,3-4,7H2,1-2H3. The molecule has 84 valence electrons. The number of aliphatic hydroxyl groups is 1. The van der Waals surface area contributed by atoms with Gasteiger partial charge in [-0.2, -0.15) is 0 Å². The van der Waals surface area contributed by atoms with Gasteiger partial charge in [0.25, 0.3) is 0 Å². The molecule has 1 rings (SSSR count). The largest absolute Gasteiger partial charge is 0.496 e. The quantitative estimate of drug-likeness (QED) is 0.841. The molecule has 0 aliphatic rings. The monoisotopic (exact) mass is 230 g/mol. The SMILES string of the molecule is COCc1cc(Cl)cc(OC)c1CCO. The zero-order valence-electron chi connectivity index (χ0n) is 8.92. The van der Waals surface area contributed by atoms with Crippen molar-refractivity contribution < 1.29 is 14.6 Å². The molecule has 4 heteroatoms. The Morgan fingerprint density at radius 1 is 1.33 bits per heavy atom. The number of hydrogen-bond acceptors (Lipinski definition) is 3. The third-order valence-electron chi connectivity index (χ3n) is 2.15. The van der Waals surface area contributed by atoms with Gasteiger partial charge >= 0.3 is 0 Å². The Bertz CT molecular complexity index is 326. The zero-order chi connectivity index (χ0) is 11.3. The van der Waals surface area contributed by atoms with Crippen molar-refractivity contribution in [2.45, 2.75) is 13.0 Å². The molecule has 1 aromatic rings. The minimum absolute atomic E-state index is 0.0781. The van der Waals surface area contributed by atoms with Gasteiger partial charge in [0.1, 0.15) is 5.75 Å². The lowest BCUT2D eigenvalue weighted by Gasteiger charge is -2.13. The summed E-state index contributed by atoms with van der Waals surface area (Å²) in [5.74, 6) is 0.698. The molecule has 0 radical (unpaired) electrons. The number of ether oxygens (including phenoxy) is 2. The van der Waals surface area contributed by atoms with E-state index in [4.69, 9.17) is 26.2 Å². The molecule has 0 spiro atoms. The van der Waals surface area contributed by atoms with Crippen LogP contribution in [0.15, 0.2) is 12.1 Å². The number of rotatable bonds is 5. The topological polar surface area (TPSA) is 38.7 Å². The summed E-state index contributed by atoms with van der Waals surface area (Å²) in [7, 11) is 3.21. The Kier molecular flexibility index (Phi) is 4.88. The van der Waals surface area contributed by atoms with Gasteiger partial charge in [0, 0.05) is 24.3 Å². The van der Waals surface area contributed by atoms with Crippen molar-refractivity contribution in [3.63, 3.8) is 0 Å². The van der Waals surface area contributed by atoms with E-state index >= 15 is 0 Å². The van der Waals surface area contributed by atoms with Gasteiger partial charge in [-0.3, -0.25) is 0 Å². The first-order valence-corrected chi connectivity index (χ1v) is 5.05. The minimum Gasteiger partial charge on any atom is -0.496 e. The van der Waals surface area contributed by atoms with Gasteiger partial charge in [-0.15, -0.1) is 0 Å². The molecular formula is C11H15ClO3. The second kappa shape index (κ2) is 5.95. The molecule has 0 unspecified atom stereocenters. The van der Waals surface area contributed by atoms with E-state index in [1.54, 1.807) is 20.3 Å². The molecule has 0 fully saturated rings. The summed E-state index contributed by atoms with van der Waals surface area (Å²) in [4.78, 5) is 0. The molecule has 0 aliphatic carbocycles. The van der Waals surface area contributed by atoms with Gasteiger partial charge < -0.3 is 14.6 Å². The number of aliphatic hydroxyl groups excluding tert-OH is 1. The molecule has 0 atom stereocenters. The molecule has 0 saturated heterocycles. The van der Waals surface area contributed by atoms with E-state index in [1.165, 1.54) is 0 Å². The second-order valence-electron chi connectivity index (χ2n) is 3.15. The average molecular weight is 231 g/mol.